The summed E-state index contributed by atoms with van der Waals surface area (Å²) in [5.74, 6) is 0.122. The van der Waals surface area contributed by atoms with Crippen LogP contribution in [0.5, 0.6) is 0 Å². The highest BCUT2D eigenvalue weighted by Gasteiger charge is 2.04. The molecule has 4 nitrogen and oxygen atoms in total. The molecule has 1 aromatic carbocycles. The molecule has 19 heavy (non-hydrogen) atoms. The first-order valence-electron chi connectivity index (χ1n) is 6.57. The van der Waals surface area contributed by atoms with Crippen LogP contribution in [-0.4, -0.2) is 45.9 Å². The van der Waals surface area contributed by atoms with E-state index in [-0.39, 0.29) is 5.78 Å². The van der Waals surface area contributed by atoms with E-state index in [1.807, 2.05) is 30.3 Å². The normalized spacial score (nSPS) is 10.6. The highest BCUT2D eigenvalue weighted by molar-refractivity contribution is 5.96. The van der Waals surface area contributed by atoms with Crippen LogP contribution in [0.2, 0.25) is 0 Å². The van der Waals surface area contributed by atoms with Gasteiger partial charge in [-0.25, -0.2) is 0 Å². The van der Waals surface area contributed by atoms with Crippen molar-refractivity contribution in [1.29, 1.82) is 0 Å². The lowest BCUT2D eigenvalue weighted by Gasteiger charge is -2.05. The van der Waals surface area contributed by atoms with Gasteiger partial charge >= 0.3 is 0 Å². The van der Waals surface area contributed by atoms with Crippen LogP contribution in [0.4, 0.5) is 0 Å². The molecule has 0 aliphatic heterocycles. The van der Waals surface area contributed by atoms with E-state index < -0.39 is 0 Å². The van der Waals surface area contributed by atoms with Crippen molar-refractivity contribution in [3.63, 3.8) is 0 Å². The molecule has 0 saturated carbocycles. The third-order valence-electron chi connectivity index (χ3n) is 2.58. The van der Waals surface area contributed by atoms with Gasteiger partial charge in [-0.1, -0.05) is 30.3 Å². The van der Waals surface area contributed by atoms with E-state index >= 15 is 0 Å². The molecule has 0 saturated heterocycles. The molecule has 0 aromatic heterocycles. The number of ketones is 1. The van der Waals surface area contributed by atoms with E-state index in [2.05, 4.69) is 0 Å². The Bertz CT molecular complexity index is 337. The molecule has 0 heterocycles. The predicted molar refractivity (Wildman–Crippen MR) is 73.5 cm³/mol. The number of rotatable bonds is 11. The second kappa shape index (κ2) is 10.7. The highest BCUT2D eigenvalue weighted by atomic mass is 16.5. The lowest BCUT2D eigenvalue weighted by atomic mass is 10.1. The van der Waals surface area contributed by atoms with E-state index in [0.717, 1.165) is 12.0 Å². The zero-order valence-electron chi connectivity index (χ0n) is 11.5. The smallest absolute Gasteiger partial charge is 0.165 e. The fraction of sp³-hybridized carbons (Fsp3) is 0.533. The molecular formula is C15H22O4. The van der Waals surface area contributed by atoms with E-state index in [1.165, 1.54) is 0 Å². The summed E-state index contributed by atoms with van der Waals surface area (Å²) in [6.07, 6.45) is 1.26. The maximum Gasteiger partial charge on any atom is 0.165 e. The Morgan fingerprint density at radius 3 is 2.32 bits per heavy atom. The van der Waals surface area contributed by atoms with Crippen molar-refractivity contribution < 1.29 is 19.0 Å². The molecule has 106 valence electrons. The minimum absolute atomic E-state index is 0.122. The van der Waals surface area contributed by atoms with E-state index in [1.54, 1.807) is 7.11 Å². The van der Waals surface area contributed by atoms with Crippen molar-refractivity contribution in [2.24, 2.45) is 0 Å². The predicted octanol–water partition coefficient (Wildman–Crippen LogP) is 2.33. The van der Waals surface area contributed by atoms with Crippen molar-refractivity contribution >= 4 is 5.78 Å². The zero-order valence-corrected chi connectivity index (χ0v) is 11.5. The van der Waals surface area contributed by atoms with Gasteiger partial charge in [-0.15, -0.1) is 0 Å². The first-order valence-corrected chi connectivity index (χ1v) is 6.57. The summed E-state index contributed by atoms with van der Waals surface area (Å²) >= 11 is 0. The largest absolute Gasteiger partial charge is 0.382 e. The fourth-order valence-corrected chi connectivity index (χ4v) is 1.54. The molecule has 4 heteroatoms. The SMILES string of the molecule is COCCOCCCOCCC(=O)c1ccccc1. The molecule has 0 aliphatic carbocycles. The van der Waals surface area contributed by atoms with Gasteiger partial charge in [0.05, 0.1) is 19.8 Å². The van der Waals surface area contributed by atoms with Crippen LogP contribution in [0.1, 0.15) is 23.2 Å². The average Bonchev–Trinajstić information content (AvgIpc) is 2.46. The Labute approximate surface area is 114 Å². The number of Topliss-reactive ketones (excluding diaryl/α,β-unsaturated/α-hetero) is 1. The lowest BCUT2D eigenvalue weighted by Crippen LogP contribution is -2.08. The van der Waals surface area contributed by atoms with Gasteiger partial charge in [0.1, 0.15) is 0 Å². The lowest BCUT2D eigenvalue weighted by molar-refractivity contribution is 0.0504. The summed E-state index contributed by atoms with van der Waals surface area (Å²) in [7, 11) is 1.65. The molecule has 1 rings (SSSR count). The molecule has 0 atom stereocenters. The summed E-state index contributed by atoms with van der Waals surface area (Å²) in [6.45, 7) is 2.98. The van der Waals surface area contributed by atoms with Crippen molar-refractivity contribution in [2.45, 2.75) is 12.8 Å². The van der Waals surface area contributed by atoms with Gasteiger partial charge in [-0.05, 0) is 6.42 Å². The van der Waals surface area contributed by atoms with Gasteiger partial charge in [-0.3, -0.25) is 4.79 Å². The van der Waals surface area contributed by atoms with Gasteiger partial charge in [-0.2, -0.15) is 0 Å². The third-order valence-corrected chi connectivity index (χ3v) is 2.58. The highest BCUT2D eigenvalue weighted by Crippen LogP contribution is 2.03. The van der Waals surface area contributed by atoms with Gasteiger partial charge in [0.2, 0.25) is 0 Å². The van der Waals surface area contributed by atoms with Gasteiger partial charge in [0, 0.05) is 32.3 Å². The van der Waals surface area contributed by atoms with Gasteiger partial charge in [0.15, 0.2) is 5.78 Å². The number of methoxy groups -OCH3 is 1. The molecule has 0 radical (unpaired) electrons. The maximum absolute atomic E-state index is 11.7. The summed E-state index contributed by atoms with van der Waals surface area (Å²) < 4.78 is 15.6. The minimum atomic E-state index is 0.122. The van der Waals surface area contributed by atoms with Gasteiger partial charge < -0.3 is 14.2 Å². The van der Waals surface area contributed by atoms with Crippen molar-refractivity contribution in [1.82, 2.24) is 0 Å². The monoisotopic (exact) mass is 266 g/mol. The molecule has 0 unspecified atom stereocenters. The Morgan fingerprint density at radius 2 is 1.63 bits per heavy atom. The summed E-state index contributed by atoms with van der Waals surface area (Å²) in [5.41, 5.74) is 0.744. The number of hydrogen-bond donors (Lipinski definition) is 0. The number of carbonyl (C=O) groups excluding carboxylic acids is 1. The first kappa shape index (κ1) is 15.8. The molecule has 0 fully saturated rings. The maximum atomic E-state index is 11.7. The van der Waals surface area contributed by atoms with Crippen LogP contribution >= 0.6 is 0 Å². The van der Waals surface area contributed by atoms with Crippen molar-refractivity contribution in [3.05, 3.63) is 35.9 Å². The van der Waals surface area contributed by atoms with E-state index in [4.69, 9.17) is 14.2 Å². The standard InChI is InChI=1S/C15H22O4/c1-17-12-13-19-10-5-9-18-11-8-15(16)14-6-3-2-4-7-14/h2-4,6-7H,5,8-13H2,1H3. The molecule has 0 N–H and O–H groups in total. The Balaban J connectivity index is 1.95. The Kier molecular flexibility index (Phi) is 8.89. The molecule has 0 aliphatic rings. The molecule has 0 spiro atoms. The van der Waals surface area contributed by atoms with Crippen LogP contribution in [0.25, 0.3) is 0 Å². The van der Waals surface area contributed by atoms with Crippen LogP contribution in [0.15, 0.2) is 30.3 Å². The first-order chi connectivity index (χ1) is 9.34. The van der Waals surface area contributed by atoms with Crippen molar-refractivity contribution in [2.75, 3.05) is 40.1 Å². The van der Waals surface area contributed by atoms with Crippen molar-refractivity contribution in [3.8, 4) is 0 Å². The third kappa shape index (κ3) is 7.72. The average molecular weight is 266 g/mol. The Morgan fingerprint density at radius 1 is 0.947 bits per heavy atom. The van der Waals surface area contributed by atoms with Crippen LogP contribution < -0.4 is 0 Å². The number of benzene rings is 1. The fourth-order valence-electron chi connectivity index (χ4n) is 1.54. The van der Waals surface area contributed by atoms with Crippen LogP contribution in [-0.2, 0) is 14.2 Å². The summed E-state index contributed by atoms with van der Waals surface area (Å²) in [4.78, 5) is 11.7. The number of ether oxygens (including phenoxy) is 3. The van der Waals surface area contributed by atoms with E-state index in [9.17, 15) is 4.79 Å². The Hall–Kier alpha value is -1.23. The quantitative estimate of drug-likeness (QED) is 0.455. The molecule has 0 amide bonds. The number of hydrogen-bond acceptors (Lipinski definition) is 4. The van der Waals surface area contributed by atoms with E-state index in [0.29, 0.717) is 39.5 Å². The van der Waals surface area contributed by atoms with Crippen LogP contribution in [0, 0.1) is 0 Å². The zero-order chi connectivity index (χ0) is 13.8. The second-order valence-electron chi connectivity index (χ2n) is 4.11. The second-order valence-corrected chi connectivity index (χ2v) is 4.11. The topological polar surface area (TPSA) is 44.8 Å². The number of carbonyl (C=O) groups is 1. The summed E-state index contributed by atoms with van der Waals surface area (Å²) in [5, 5.41) is 0. The summed E-state index contributed by atoms with van der Waals surface area (Å²) in [6, 6.07) is 9.28. The molecule has 1 aromatic rings. The minimum Gasteiger partial charge on any atom is -0.382 e. The van der Waals surface area contributed by atoms with Crippen LogP contribution in [0.3, 0.4) is 0 Å². The van der Waals surface area contributed by atoms with Gasteiger partial charge in [0.25, 0.3) is 0 Å². The molecule has 0 bridgehead atoms. The molecular weight excluding hydrogens is 244 g/mol.